The highest BCUT2D eigenvalue weighted by molar-refractivity contribution is 7.87. The molecular formula is C45H40N10O17S4. The third-order valence-electron chi connectivity index (χ3n) is 11.5. The topological polar surface area (TPSA) is 395 Å². The smallest absolute Gasteiger partial charge is 0.323 e. The molecule has 31 heteroatoms. The number of aryl methyl sites for hydroxylation is 4. The first-order valence-electron chi connectivity index (χ1n) is 21.4. The Kier molecular flexibility index (Phi) is 13.8. The van der Waals surface area contributed by atoms with Gasteiger partial charge in [0.05, 0.1) is 28.4 Å². The lowest BCUT2D eigenvalue weighted by Gasteiger charge is -2.13. The lowest BCUT2D eigenvalue weighted by molar-refractivity contribution is 0.101. The molecule has 0 unspecified atom stereocenters. The number of anilines is 6. The van der Waals surface area contributed by atoms with Crippen LogP contribution < -0.4 is 31.9 Å². The van der Waals surface area contributed by atoms with Crippen molar-refractivity contribution in [1.82, 2.24) is 18.3 Å². The normalized spacial score (nSPS) is 12.1. The predicted molar refractivity (Wildman–Crippen MR) is 273 cm³/mol. The Morgan fingerprint density at radius 1 is 0.368 bits per heavy atom. The van der Waals surface area contributed by atoms with Crippen LogP contribution in [-0.2, 0) is 68.7 Å². The molecule has 396 valence electrons. The van der Waals surface area contributed by atoms with Gasteiger partial charge in [-0.1, -0.05) is 30.3 Å². The molecule has 0 aliphatic carbocycles. The summed E-state index contributed by atoms with van der Waals surface area (Å²) in [4.78, 5) is 63.9. The molecule has 27 nitrogen and oxygen atoms in total. The number of carbonyl (C=O) groups is 5. The van der Waals surface area contributed by atoms with Crippen molar-refractivity contribution in [3.8, 4) is 0 Å². The van der Waals surface area contributed by atoms with E-state index >= 15 is 0 Å². The van der Waals surface area contributed by atoms with Crippen LogP contribution in [0.3, 0.4) is 0 Å². The quantitative estimate of drug-likeness (QED) is 0.0641. The molecule has 8 rings (SSSR count). The van der Waals surface area contributed by atoms with Crippen molar-refractivity contribution in [3.05, 3.63) is 132 Å². The second kappa shape index (κ2) is 19.5. The summed E-state index contributed by atoms with van der Waals surface area (Å²) < 4.78 is 142. The number of hydrogen-bond donors (Lipinski definition) is 10. The molecule has 0 radical (unpaired) electrons. The van der Waals surface area contributed by atoms with E-state index in [2.05, 4.69) is 31.9 Å². The summed E-state index contributed by atoms with van der Waals surface area (Å²) in [6.45, 7) is 0. The molecule has 4 aromatic carbocycles. The molecule has 6 amide bonds. The zero-order valence-corrected chi connectivity index (χ0v) is 42.7. The number of nitrogens with zero attached hydrogens (tertiary/aromatic N) is 4. The largest absolute Gasteiger partial charge is 0.344 e. The van der Waals surface area contributed by atoms with Gasteiger partial charge < -0.3 is 50.2 Å². The number of aromatic nitrogens is 4. The van der Waals surface area contributed by atoms with E-state index in [4.69, 9.17) is 0 Å². The average Bonchev–Trinajstić information content (AvgIpc) is 4.07. The minimum absolute atomic E-state index is 0.0397. The first kappa shape index (κ1) is 53.6. The Hall–Kier alpha value is -8.69. The summed E-state index contributed by atoms with van der Waals surface area (Å²) in [5.41, 5.74) is -0.231. The standard InChI is InChI=1S/C45H40N10O17S4/c1-52-19-24(14-33(52)41(56)46-23-13-31-28(39(18-23)75(67,68)69)7-5-10-38(31)74(64,65)66)47-42(57)34-16-26(21-54(34)3)49-45(60)50-27-17-35(55(4)22-27)43(58)48-25-15-36(53(2)20-25)44(59)51-32-12-11-29-30(40(32)76(70,71)72)8-6-9-37(29)73(61,62)63/h5-22H,1-4H3,(H,46,56)(H,47,57)(H,48,58)(H,51,59)(H2,49,50,60)(H,61,62,63)(H,64,65,66)(H,67,68,69)(H,70,71,72). The maximum atomic E-state index is 13.4. The zero-order chi connectivity index (χ0) is 55.6. The van der Waals surface area contributed by atoms with Crippen molar-refractivity contribution in [2.45, 2.75) is 19.6 Å². The first-order valence-corrected chi connectivity index (χ1v) is 27.1. The van der Waals surface area contributed by atoms with Crippen LogP contribution in [-0.4, -0.2) is 99.8 Å². The first-order chi connectivity index (χ1) is 35.4. The van der Waals surface area contributed by atoms with Gasteiger partial charge in [0.1, 0.15) is 42.4 Å². The van der Waals surface area contributed by atoms with E-state index in [0.717, 1.165) is 48.5 Å². The van der Waals surface area contributed by atoms with Crippen LogP contribution in [0.25, 0.3) is 21.5 Å². The fraction of sp³-hybridized carbons (Fsp3) is 0.0889. The van der Waals surface area contributed by atoms with Crippen molar-refractivity contribution < 1.29 is 75.9 Å². The zero-order valence-electron chi connectivity index (χ0n) is 39.4. The molecule has 4 aromatic heterocycles. The van der Waals surface area contributed by atoms with Gasteiger partial charge in [-0.25, -0.2) is 4.79 Å². The van der Waals surface area contributed by atoms with Crippen molar-refractivity contribution in [1.29, 1.82) is 0 Å². The summed E-state index contributed by atoms with van der Waals surface area (Å²) >= 11 is 0. The van der Waals surface area contributed by atoms with Gasteiger partial charge >= 0.3 is 6.03 Å². The molecule has 8 aromatic rings. The molecule has 0 bridgehead atoms. The number of amides is 6. The van der Waals surface area contributed by atoms with Gasteiger partial charge in [-0.05, 0) is 54.6 Å². The molecule has 0 saturated carbocycles. The molecule has 4 heterocycles. The summed E-state index contributed by atoms with van der Waals surface area (Å²) in [6, 6.07) is 15.3. The predicted octanol–water partition coefficient (Wildman–Crippen LogP) is 4.99. The third kappa shape index (κ3) is 11.1. The van der Waals surface area contributed by atoms with Crippen LogP contribution >= 0.6 is 0 Å². The van der Waals surface area contributed by atoms with Crippen LogP contribution in [0.1, 0.15) is 42.0 Å². The molecule has 10 N–H and O–H groups in total. The second-order valence-corrected chi connectivity index (χ2v) is 22.3. The van der Waals surface area contributed by atoms with Gasteiger partial charge in [-0.15, -0.1) is 0 Å². The Labute approximate surface area is 430 Å². The Balaban J connectivity index is 0.894. The van der Waals surface area contributed by atoms with Gasteiger partial charge in [-0.3, -0.25) is 37.4 Å². The van der Waals surface area contributed by atoms with Gasteiger partial charge in [-0.2, -0.15) is 33.7 Å². The minimum Gasteiger partial charge on any atom is -0.344 e. The molecule has 0 fully saturated rings. The fourth-order valence-corrected chi connectivity index (χ4v) is 11.2. The van der Waals surface area contributed by atoms with Crippen molar-refractivity contribution in [2.75, 3.05) is 31.9 Å². The van der Waals surface area contributed by atoms with Crippen molar-refractivity contribution in [2.24, 2.45) is 28.2 Å². The van der Waals surface area contributed by atoms with E-state index in [-0.39, 0.29) is 72.8 Å². The SMILES string of the molecule is Cn1cc(NC(=O)Nc2cc(C(=O)Nc3cc(C(=O)Nc4ccc5c(S(=O)(=O)O)cccc5c4S(=O)(=O)O)n(C)c3)n(C)c2)cc1C(=O)Nc1cc(C(=O)Nc2cc(S(=O)(=O)O)c3cccc(S(=O)(=O)O)c3c2)n(C)c1. The van der Waals surface area contributed by atoms with E-state index in [1.54, 1.807) is 0 Å². The highest BCUT2D eigenvalue weighted by Gasteiger charge is 2.27. The number of hydrogen-bond acceptors (Lipinski definition) is 13. The minimum atomic E-state index is -5.10. The van der Waals surface area contributed by atoms with E-state index in [1.165, 1.54) is 108 Å². The van der Waals surface area contributed by atoms with E-state index in [1.807, 2.05) is 0 Å². The van der Waals surface area contributed by atoms with Crippen molar-refractivity contribution >= 4 is 126 Å². The van der Waals surface area contributed by atoms with Crippen LogP contribution in [0.2, 0.25) is 0 Å². The maximum absolute atomic E-state index is 13.4. The fourth-order valence-electron chi connectivity index (χ4n) is 8.24. The van der Waals surface area contributed by atoms with Crippen molar-refractivity contribution in [3.63, 3.8) is 0 Å². The summed E-state index contributed by atoms with van der Waals surface area (Å²) in [6.07, 6.45) is 5.59. The number of fused-ring (bicyclic) bond motifs is 2. The molecule has 0 aliphatic heterocycles. The number of nitrogens with one attached hydrogen (secondary N) is 6. The molecule has 0 spiro atoms. The Morgan fingerprint density at radius 2 is 0.724 bits per heavy atom. The highest BCUT2D eigenvalue weighted by atomic mass is 32.2. The monoisotopic (exact) mass is 1120 g/mol. The maximum Gasteiger partial charge on any atom is 0.323 e. The summed E-state index contributed by atoms with van der Waals surface area (Å²) in [7, 11) is -13.8. The van der Waals surface area contributed by atoms with Gasteiger partial charge in [0, 0.05) is 80.2 Å². The van der Waals surface area contributed by atoms with E-state index < -0.39 is 95.4 Å². The number of urea groups is 1. The van der Waals surface area contributed by atoms with Crippen LogP contribution in [0.5, 0.6) is 0 Å². The molecular weight excluding hydrogens is 1080 g/mol. The number of rotatable bonds is 14. The third-order valence-corrected chi connectivity index (χ3v) is 15.1. The van der Waals surface area contributed by atoms with Gasteiger partial charge in [0.15, 0.2) is 0 Å². The van der Waals surface area contributed by atoms with Crippen LogP contribution in [0.15, 0.2) is 129 Å². The molecule has 0 aliphatic rings. The molecule has 0 atom stereocenters. The van der Waals surface area contributed by atoms with Gasteiger partial charge in [0.25, 0.3) is 64.1 Å². The lowest BCUT2D eigenvalue weighted by atomic mass is 10.1. The number of benzene rings is 4. The van der Waals surface area contributed by atoms with E-state index in [0.29, 0.717) is 0 Å². The molecule has 76 heavy (non-hydrogen) atoms. The lowest BCUT2D eigenvalue weighted by Crippen LogP contribution is -2.18. The second-order valence-electron chi connectivity index (χ2n) is 16.8. The van der Waals surface area contributed by atoms with Gasteiger partial charge in [0.2, 0.25) is 0 Å². The van der Waals surface area contributed by atoms with E-state index in [9.17, 15) is 75.9 Å². The number of carbonyl (C=O) groups excluding carboxylic acids is 5. The molecule has 0 saturated heterocycles. The average molecular weight is 1120 g/mol. The Bertz CT molecular complexity index is 4290. The summed E-state index contributed by atoms with van der Waals surface area (Å²) in [5, 5.41) is 14.1. The van der Waals surface area contributed by atoms with Crippen LogP contribution in [0, 0.1) is 0 Å². The summed E-state index contributed by atoms with van der Waals surface area (Å²) in [5.74, 6) is -3.12. The van der Waals surface area contributed by atoms with Crippen LogP contribution in [0.4, 0.5) is 38.9 Å². The Morgan fingerprint density at radius 3 is 1.13 bits per heavy atom. The highest BCUT2D eigenvalue weighted by Crippen LogP contribution is 2.35.